The summed E-state index contributed by atoms with van der Waals surface area (Å²) >= 11 is 0. The number of amides is 1. The van der Waals surface area contributed by atoms with Gasteiger partial charge in [-0.25, -0.2) is 4.68 Å². The van der Waals surface area contributed by atoms with Crippen molar-refractivity contribution in [2.45, 2.75) is 32.4 Å². The number of likely N-dealkylation sites (tertiary alicyclic amines) is 1. The average Bonchev–Trinajstić information content (AvgIpc) is 3.10. The van der Waals surface area contributed by atoms with Gasteiger partial charge in [0.2, 0.25) is 0 Å². The highest BCUT2D eigenvalue weighted by Crippen LogP contribution is 2.31. The quantitative estimate of drug-likeness (QED) is 0.853. The van der Waals surface area contributed by atoms with E-state index in [-0.39, 0.29) is 12.0 Å². The zero-order valence-electron chi connectivity index (χ0n) is 14.3. The maximum absolute atomic E-state index is 12.5. The molecule has 2 aromatic rings. The molecule has 0 bridgehead atoms. The average molecular weight is 342 g/mol. The van der Waals surface area contributed by atoms with Crippen LogP contribution in [-0.2, 0) is 6.54 Å². The predicted molar refractivity (Wildman–Crippen MR) is 90.7 cm³/mol. The van der Waals surface area contributed by atoms with Crippen LogP contribution in [0.1, 0.15) is 30.3 Å². The lowest BCUT2D eigenvalue weighted by Gasteiger charge is -2.29. The summed E-state index contributed by atoms with van der Waals surface area (Å²) in [6, 6.07) is 7.60. The van der Waals surface area contributed by atoms with E-state index >= 15 is 0 Å². The summed E-state index contributed by atoms with van der Waals surface area (Å²) in [5.74, 6) is 2.14. The summed E-state index contributed by atoms with van der Waals surface area (Å²) in [6.07, 6.45) is 3.64. The maximum atomic E-state index is 12.5. The highest BCUT2D eigenvalue weighted by atomic mass is 16.6. The van der Waals surface area contributed by atoms with Gasteiger partial charge in [-0.1, -0.05) is 24.3 Å². The van der Waals surface area contributed by atoms with Gasteiger partial charge in [0.1, 0.15) is 6.61 Å². The molecule has 1 atom stereocenters. The van der Waals surface area contributed by atoms with Crippen molar-refractivity contribution in [3.63, 3.8) is 0 Å². The van der Waals surface area contributed by atoms with Crippen LogP contribution in [0.5, 0.6) is 11.5 Å². The molecular formula is C18H22N4O3. The number of para-hydroxylation sites is 2. The Morgan fingerprint density at radius 2 is 2.00 bits per heavy atom. The van der Waals surface area contributed by atoms with E-state index in [0.29, 0.717) is 24.8 Å². The van der Waals surface area contributed by atoms with Crippen LogP contribution < -0.4 is 9.47 Å². The fraction of sp³-hybridized carbons (Fsp3) is 0.500. The van der Waals surface area contributed by atoms with Gasteiger partial charge in [-0.15, -0.1) is 5.10 Å². The number of hydrogen-bond donors (Lipinski definition) is 0. The molecule has 2 aliphatic rings. The second-order valence-corrected chi connectivity index (χ2v) is 6.80. The number of fused-ring (bicyclic) bond motifs is 1. The van der Waals surface area contributed by atoms with Gasteiger partial charge in [0.15, 0.2) is 23.3 Å². The molecule has 0 aliphatic carbocycles. The third-order valence-electron chi connectivity index (χ3n) is 4.79. The summed E-state index contributed by atoms with van der Waals surface area (Å²) < 4.78 is 13.3. The van der Waals surface area contributed by atoms with Gasteiger partial charge >= 0.3 is 0 Å². The topological polar surface area (TPSA) is 69.5 Å². The number of hydrogen-bond acceptors (Lipinski definition) is 5. The smallest absolute Gasteiger partial charge is 0.276 e. The molecule has 0 unspecified atom stereocenters. The van der Waals surface area contributed by atoms with E-state index in [2.05, 4.69) is 17.2 Å². The van der Waals surface area contributed by atoms with Crippen LogP contribution in [0.4, 0.5) is 0 Å². The summed E-state index contributed by atoms with van der Waals surface area (Å²) in [6.45, 7) is 4.75. The van der Waals surface area contributed by atoms with Gasteiger partial charge in [0.25, 0.3) is 5.91 Å². The fourth-order valence-electron chi connectivity index (χ4n) is 3.22. The van der Waals surface area contributed by atoms with Gasteiger partial charge in [0.05, 0.1) is 12.7 Å². The zero-order valence-corrected chi connectivity index (χ0v) is 14.3. The molecular weight excluding hydrogens is 320 g/mol. The molecule has 132 valence electrons. The SMILES string of the molecule is CC1CCN(C(=O)c2cn(C[C@@H]3COc4ccccc4O3)nn2)CC1. The van der Waals surface area contributed by atoms with Crippen LogP contribution in [0.15, 0.2) is 30.5 Å². The molecule has 1 amide bonds. The lowest BCUT2D eigenvalue weighted by Crippen LogP contribution is -2.38. The van der Waals surface area contributed by atoms with Gasteiger partial charge in [-0.2, -0.15) is 0 Å². The van der Waals surface area contributed by atoms with Crippen LogP contribution in [0.3, 0.4) is 0 Å². The molecule has 0 saturated carbocycles. The van der Waals surface area contributed by atoms with E-state index in [1.54, 1.807) is 10.9 Å². The van der Waals surface area contributed by atoms with Gasteiger partial charge < -0.3 is 14.4 Å². The highest BCUT2D eigenvalue weighted by molar-refractivity contribution is 5.91. The third kappa shape index (κ3) is 3.45. The summed E-state index contributed by atoms with van der Waals surface area (Å²) in [5, 5.41) is 8.13. The van der Waals surface area contributed by atoms with Crippen LogP contribution in [0.25, 0.3) is 0 Å². The monoisotopic (exact) mass is 342 g/mol. The van der Waals surface area contributed by atoms with E-state index in [4.69, 9.17) is 9.47 Å². The molecule has 0 radical (unpaired) electrons. The number of nitrogens with zero attached hydrogens (tertiary/aromatic N) is 4. The second-order valence-electron chi connectivity index (χ2n) is 6.80. The molecule has 1 fully saturated rings. The number of ether oxygens (including phenoxy) is 2. The lowest BCUT2D eigenvalue weighted by atomic mass is 9.99. The Kier molecular flexibility index (Phi) is 4.29. The van der Waals surface area contributed by atoms with Gasteiger partial charge in [-0.3, -0.25) is 4.79 Å². The molecule has 2 aliphatic heterocycles. The molecule has 0 spiro atoms. The molecule has 0 N–H and O–H groups in total. The predicted octanol–water partition coefficient (Wildman–Crippen LogP) is 1.99. The lowest BCUT2D eigenvalue weighted by molar-refractivity contribution is 0.0690. The van der Waals surface area contributed by atoms with E-state index in [1.807, 2.05) is 29.2 Å². The standard InChI is InChI=1S/C18H22N4O3/c1-13-6-8-21(9-7-13)18(23)15-11-22(20-19-15)10-14-12-24-16-4-2-3-5-17(16)25-14/h2-5,11,13-14H,6-10,12H2,1H3/t14-/m1/s1. The molecule has 1 aromatic heterocycles. The molecule has 1 aromatic carbocycles. The number of aromatic nitrogens is 3. The van der Waals surface area contributed by atoms with Crippen molar-refractivity contribution >= 4 is 5.91 Å². The van der Waals surface area contributed by atoms with Crippen LogP contribution in [-0.4, -0.2) is 51.6 Å². The van der Waals surface area contributed by atoms with E-state index in [1.165, 1.54) is 0 Å². The van der Waals surface area contributed by atoms with Crippen molar-refractivity contribution in [1.29, 1.82) is 0 Å². The molecule has 7 nitrogen and oxygen atoms in total. The van der Waals surface area contributed by atoms with Crippen LogP contribution in [0, 0.1) is 5.92 Å². The number of benzene rings is 1. The first-order valence-electron chi connectivity index (χ1n) is 8.77. The second kappa shape index (κ2) is 6.74. The normalized spacial score (nSPS) is 20.5. The summed E-state index contributed by atoms with van der Waals surface area (Å²) in [7, 11) is 0. The highest BCUT2D eigenvalue weighted by Gasteiger charge is 2.25. The Bertz CT molecular complexity index is 752. The summed E-state index contributed by atoms with van der Waals surface area (Å²) in [4.78, 5) is 14.4. The van der Waals surface area contributed by atoms with E-state index in [9.17, 15) is 4.79 Å². The first kappa shape index (κ1) is 15.9. The van der Waals surface area contributed by atoms with Crippen molar-refractivity contribution in [2.75, 3.05) is 19.7 Å². The minimum atomic E-state index is -0.157. The first-order valence-corrected chi connectivity index (χ1v) is 8.77. The third-order valence-corrected chi connectivity index (χ3v) is 4.79. The first-order chi connectivity index (χ1) is 12.2. The molecule has 1 saturated heterocycles. The minimum absolute atomic E-state index is 0.0377. The Balaban J connectivity index is 1.38. The van der Waals surface area contributed by atoms with Crippen LogP contribution >= 0.6 is 0 Å². The molecule has 25 heavy (non-hydrogen) atoms. The zero-order chi connectivity index (χ0) is 17.2. The largest absolute Gasteiger partial charge is 0.486 e. The minimum Gasteiger partial charge on any atom is -0.486 e. The number of rotatable bonds is 3. The van der Waals surface area contributed by atoms with Crippen molar-refractivity contribution < 1.29 is 14.3 Å². The Labute approximate surface area is 146 Å². The van der Waals surface area contributed by atoms with Crippen molar-refractivity contribution in [3.8, 4) is 11.5 Å². The van der Waals surface area contributed by atoms with Crippen molar-refractivity contribution in [3.05, 3.63) is 36.2 Å². The van der Waals surface area contributed by atoms with E-state index < -0.39 is 0 Å². The van der Waals surface area contributed by atoms with Gasteiger partial charge in [-0.05, 0) is 30.9 Å². The van der Waals surface area contributed by atoms with E-state index in [0.717, 1.165) is 37.4 Å². The van der Waals surface area contributed by atoms with Crippen molar-refractivity contribution in [2.24, 2.45) is 5.92 Å². The number of piperidine rings is 1. The fourth-order valence-corrected chi connectivity index (χ4v) is 3.22. The number of carbonyl (C=O) groups is 1. The van der Waals surface area contributed by atoms with Gasteiger partial charge in [0, 0.05) is 13.1 Å². The molecule has 7 heteroatoms. The summed E-state index contributed by atoms with van der Waals surface area (Å²) in [5.41, 5.74) is 0.395. The Hall–Kier alpha value is -2.57. The molecule has 3 heterocycles. The van der Waals surface area contributed by atoms with Crippen LogP contribution in [0.2, 0.25) is 0 Å². The Morgan fingerprint density at radius 1 is 1.24 bits per heavy atom. The maximum Gasteiger partial charge on any atom is 0.276 e. The van der Waals surface area contributed by atoms with Crippen molar-refractivity contribution in [1.82, 2.24) is 19.9 Å². The Morgan fingerprint density at radius 3 is 2.80 bits per heavy atom. The molecule has 4 rings (SSSR count). The number of carbonyl (C=O) groups excluding carboxylic acids is 1.